The highest BCUT2D eigenvalue weighted by Crippen LogP contribution is 2.60. The number of thiazole rings is 1. The fourth-order valence-electron chi connectivity index (χ4n) is 5.69. The van der Waals surface area contributed by atoms with Crippen molar-refractivity contribution in [2.75, 3.05) is 18.4 Å². The molecule has 168 valence electrons. The average molecular weight is 460 g/mol. The number of Topliss-reactive ketones (excluding diaryl/α,β-unsaturated/α-hetero) is 1. The number of ketones is 1. The molecule has 2 heterocycles. The summed E-state index contributed by atoms with van der Waals surface area (Å²) in [6.45, 7) is 3.29. The lowest BCUT2D eigenvalue weighted by molar-refractivity contribution is -0.134. The number of amides is 2. The van der Waals surface area contributed by atoms with Crippen LogP contribution in [-0.2, 0) is 9.59 Å². The van der Waals surface area contributed by atoms with Gasteiger partial charge in [-0.25, -0.2) is 4.98 Å². The third kappa shape index (κ3) is 3.46. The molecule has 7 heteroatoms. The minimum atomic E-state index is -0.356. The van der Waals surface area contributed by atoms with Gasteiger partial charge in [-0.2, -0.15) is 0 Å². The van der Waals surface area contributed by atoms with Gasteiger partial charge >= 0.3 is 0 Å². The zero-order valence-electron chi connectivity index (χ0n) is 18.5. The highest BCUT2D eigenvalue weighted by Gasteiger charge is 2.59. The number of aryl methyl sites for hydroxylation is 1. The van der Waals surface area contributed by atoms with Gasteiger partial charge in [0.1, 0.15) is 0 Å². The summed E-state index contributed by atoms with van der Waals surface area (Å²) in [5.74, 6) is -0.183. The number of aromatic nitrogens is 1. The minimum Gasteiger partial charge on any atom is -0.342 e. The van der Waals surface area contributed by atoms with E-state index in [0.717, 1.165) is 45.7 Å². The Hall–Kier alpha value is -3.06. The van der Waals surface area contributed by atoms with E-state index in [1.165, 1.54) is 0 Å². The molecular weight excluding hydrogens is 434 g/mol. The SMILES string of the molecule is Cc1nc2cc(NC(=O)[C@H]3CC34CCN(C(=O)[C@@H]3CC(=O)c5ccccc53)CC4)ccc2s1. The Bertz CT molecular complexity index is 1310. The molecule has 6 rings (SSSR count). The Morgan fingerprint density at radius 2 is 1.94 bits per heavy atom. The molecule has 3 aromatic rings. The molecule has 1 spiro atoms. The Labute approximate surface area is 196 Å². The van der Waals surface area contributed by atoms with Gasteiger partial charge in [0, 0.05) is 36.7 Å². The van der Waals surface area contributed by atoms with Crippen LogP contribution in [0.25, 0.3) is 10.2 Å². The maximum Gasteiger partial charge on any atom is 0.230 e. The fourth-order valence-corrected chi connectivity index (χ4v) is 6.50. The topological polar surface area (TPSA) is 79.4 Å². The molecule has 2 amide bonds. The lowest BCUT2D eigenvalue weighted by Crippen LogP contribution is -2.42. The molecule has 2 aliphatic carbocycles. The summed E-state index contributed by atoms with van der Waals surface area (Å²) in [7, 11) is 0. The molecule has 0 radical (unpaired) electrons. The molecule has 0 bridgehead atoms. The van der Waals surface area contributed by atoms with Gasteiger partial charge in [-0.05, 0) is 55.4 Å². The Balaban J connectivity index is 1.08. The molecule has 6 nitrogen and oxygen atoms in total. The number of rotatable bonds is 3. The van der Waals surface area contributed by atoms with Gasteiger partial charge in [0.25, 0.3) is 0 Å². The first-order valence-corrected chi connectivity index (χ1v) is 12.3. The number of hydrogen-bond acceptors (Lipinski definition) is 5. The first kappa shape index (κ1) is 20.5. The molecule has 1 saturated heterocycles. The van der Waals surface area contributed by atoms with E-state index in [4.69, 9.17) is 0 Å². The zero-order chi connectivity index (χ0) is 22.7. The summed E-state index contributed by atoms with van der Waals surface area (Å²) in [4.78, 5) is 44.8. The lowest BCUT2D eigenvalue weighted by Gasteiger charge is -2.34. The van der Waals surface area contributed by atoms with Crippen LogP contribution in [0.4, 0.5) is 5.69 Å². The Kier molecular flexibility index (Phi) is 4.66. The van der Waals surface area contributed by atoms with Gasteiger partial charge in [0.05, 0.1) is 21.1 Å². The second kappa shape index (κ2) is 7.48. The van der Waals surface area contributed by atoms with Gasteiger partial charge < -0.3 is 10.2 Å². The van der Waals surface area contributed by atoms with Crippen molar-refractivity contribution in [3.63, 3.8) is 0 Å². The molecule has 2 aromatic carbocycles. The van der Waals surface area contributed by atoms with Crippen LogP contribution in [0.3, 0.4) is 0 Å². The van der Waals surface area contributed by atoms with E-state index in [1.807, 2.05) is 54.3 Å². The van der Waals surface area contributed by atoms with E-state index < -0.39 is 0 Å². The van der Waals surface area contributed by atoms with Crippen molar-refractivity contribution in [2.45, 2.75) is 38.5 Å². The fraction of sp³-hybridized carbons (Fsp3) is 0.385. The van der Waals surface area contributed by atoms with Crippen LogP contribution in [-0.4, -0.2) is 40.6 Å². The van der Waals surface area contributed by atoms with Crippen LogP contribution in [0, 0.1) is 18.3 Å². The monoisotopic (exact) mass is 459 g/mol. The molecular formula is C26H25N3O3S. The van der Waals surface area contributed by atoms with Crippen molar-refractivity contribution >= 4 is 44.8 Å². The first-order valence-electron chi connectivity index (χ1n) is 11.5. The number of piperidine rings is 1. The van der Waals surface area contributed by atoms with Gasteiger partial charge in [0.15, 0.2) is 5.78 Å². The van der Waals surface area contributed by atoms with Crippen LogP contribution in [0.15, 0.2) is 42.5 Å². The van der Waals surface area contributed by atoms with Crippen molar-refractivity contribution < 1.29 is 14.4 Å². The Morgan fingerprint density at radius 3 is 2.76 bits per heavy atom. The van der Waals surface area contributed by atoms with Crippen molar-refractivity contribution in [2.24, 2.45) is 11.3 Å². The third-order valence-electron chi connectivity index (χ3n) is 7.66. The normalized spacial score (nSPS) is 23.1. The van der Waals surface area contributed by atoms with E-state index in [0.29, 0.717) is 18.7 Å². The number of anilines is 1. The summed E-state index contributed by atoms with van der Waals surface area (Å²) in [5.41, 5.74) is 3.26. The predicted octanol–water partition coefficient (Wildman–Crippen LogP) is 4.54. The van der Waals surface area contributed by atoms with E-state index >= 15 is 0 Å². The maximum atomic E-state index is 13.2. The number of benzene rings is 2. The number of nitrogens with one attached hydrogen (secondary N) is 1. The van der Waals surface area contributed by atoms with E-state index in [9.17, 15) is 14.4 Å². The largest absolute Gasteiger partial charge is 0.342 e. The third-order valence-corrected chi connectivity index (χ3v) is 8.62. The van der Waals surface area contributed by atoms with E-state index in [1.54, 1.807) is 11.3 Å². The molecule has 33 heavy (non-hydrogen) atoms. The summed E-state index contributed by atoms with van der Waals surface area (Å²) in [6, 6.07) is 13.3. The second-order valence-corrected chi connectivity index (χ2v) is 10.9. The van der Waals surface area contributed by atoms with Crippen LogP contribution in [0.2, 0.25) is 0 Å². The number of nitrogens with zero attached hydrogens (tertiary/aromatic N) is 2. The summed E-state index contributed by atoms with van der Waals surface area (Å²) < 4.78 is 1.12. The maximum absolute atomic E-state index is 13.2. The Morgan fingerprint density at radius 1 is 1.15 bits per heavy atom. The van der Waals surface area contributed by atoms with E-state index in [-0.39, 0.29) is 41.3 Å². The van der Waals surface area contributed by atoms with Gasteiger partial charge in [-0.15, -0.1) is 11.3 Å². The van der Waals surface area contributed by atoms with Crippen molar-refractivity contribution in [1.29, 1.82) is 0 Å². The summed E-state index contributed by atoms with van der Waals surface area (Å²) in [5, 5.41) is 4.09. The quantitative estimate of drug-likeness (QED) is 0.624. The molecule has 1 aliphatic heterocycles. The molecule has 1 N–H and O–H groups in total. The van der Waals surface area contributed by atoms with Crippen LogP contribution in [0.1, 0.15) is 52.5 Å². The molecule has 0 unspecified atom stereocenters. The zero-order valence-corrected chi connectivity index (χ0v) is 19.3. The summed E-state index contributed by atoms with van der Waals surface area (Å²) >= 11 is 1.65. The minimum absolute atomic E-state index is 0.00333. The number of likely N-dealkylation sites (tertiary alicyclic amines) is 1. The number of carbonyl (C=O) groups is 3. The van der Waals surface area contributed by atoms with Gasteiger partial charge in [0.2, 0.25) is 11.8 Å². The highest BCUT2D eigenvalue weighted by atomic mass is 32.1. The van der Waals surface area contributed by atoms with Gasteiger partial charge in [-0.1, -0.05) is 24.3 Å². The predicted molar refractivity (Wildman–Crippen MR) is 127 cm³/mol. The van der Waals surface area contributed by atoms with Crippen LogP contribution in [0.5, 0.6) is 0 Å². The smallest absolute Gasteiger partial charge is 0.230 e. The van der Waals surface area contributed by atoms with Crippen molar-refractivity contribution in [3.8, 4) is 0 Å². The highest BCUT2D eigenvalue weighted by molar-refractivity contribution is 7.18. The van der Waals surface area contributed by atoms with Crippen LogP contribution >= 0.6 is 11.3 Å². The van der Waals surface area contributed by atoms with E-state index in [2.05, 4.69) is 10.3 Å². The second-order valence-electron chi connectivity index (χ2n) is 9.62. The molecule has 2 fully saturated rings. The molecule has 1 saturated carbocycles. The first-order chi connectivity index (χ1) is 15.9. The summed E-state index contributed by atoms with van der Waals surface area (Å²) in [6.07, 6.45) is 2.82. The number of carbonyl (C=O) groups excluding carboxylic acids is 3. The number of fused-ring (bicyclic) bond motifs is 2. The molecule has 2 atom stereocenters. The van der Waals surface area contributed by atoms with Crippen molar-refractivity contribution in [3.05, 3.63) is 58.6 Å². The van der Waals surface area contributed by atoms with Crippen LogP contribution < -0.4 is 5.32 Å². The molecule has 3 aliphatic rings. The average Bonchev–Trinajstić information content (AvgIpc) is 3.21. The lowest BCUT2D eigenvalue weighted by atomic mass is 9.89. The van der Waals surface area contributed by atoms with Crippen molar-refractivity contribution in [1.82, 2.24) is 9.88 Å². The van der Waals surface area contributed by atoms with Gasteiger partial charge in [-0.3, -0.25) is 14.4 Å². The number of hydrogen-bond donors (Lipinski definition) is 1. The standard InChI is InChI=1S/C26H25N3O3S/c1-15-27-21-12-16(6-7-23(21)33-15)28-24(31)20-14-26(20)8-10-29(11-9-26)25(32)19-13-22(30)18-5-3-2-4-17(18)19/h2-7,12,19-20H,8-11,13-14H2,1H3,(H,28,31)/t19-,20-/m1/s1. The molecule has 1 aromatic heterocycles.